The molecule has 7 heteroatoms. The fourth-order valence-corrected chi connectivity index (χ4v) is 2.82. The molecule has 5 nitrogen and oxygen atoms in total. The molecule has 0 aliphatic heterocycles. The fraction of sp³-hybridized carbons (Fsp3) is 0.312. The Morgan fingerprint density at radius 3 is 2.65 bits per heavy atom. The van der Waals surface area contributed by atoms with Crippen LogP contribution in [0.2, 0.25) is 0 Å². The highest BCUT2D eigenvalue weighted by atomic mass is 79.9. The smallest absolute Gasteiger partial charge is 0.277 e. The zero-order chi connectivity index (χ0) is 16.8. The van der Waals surface area contributed by atoms with E-state index in [4.69, 9.17) is 4.42 Å². The zero-order valence-corrected chi connectivity index (χ0v) is 15.5. The van der Waals surface area contributed by atoms with E-state index in [0.29, 0.717) is 24.2 Å². The molecule has 0 aliphatic carbocycles. The predicted octanol–water partition coefficient (Wildman–Crippen LogP) is 4.02. The highest BCUT2D eigenvalue weighted by Gasteiger charge is 2.15. The number of hydrogen-bond acceptors (Lipinski definition) is 5. The van der Waals surface area contributed by atoms with Crippen LogP contribution in [0.5, 0.6) is 0 Å². The minimum absolute atomic E-state index is 0.0314. The normalized spacial score (nSPS) is 10.6. The number of carbonyl (C=O) groups excluding carboxylic acids is 1. The van der Waals surface area contributed by atoms with Crippen LogP contribution < -0.4 is 0 Å². The molecule has 23 heavy (non-hydrogen) atoms. The molecular formula is C16H18BrN3O2S. The molecule has 1 heterocycles. The number of rotatable bonds is 7. The number of benzene rings is 1. The minimum atomic E-state index is 0.0314. The maximum absolute atomic E-state index is 12.2. The van der Waals surface area contributed by atoms with Gasteiger partial charge in [-0.2, -0.15) is 0 Å². The van der Waals surface area contributed by atoms with Gasteiger partial charge in [0.15, 0.2) is 0 Å². The van der Waals surface area contributed by atoms with Crippen LogP contribution in [0.15, 0.2) is 50.5 Å². The van der Waals surface area contributed by atoms with Gasteiger partial charge in [0.2, 0.25) is 11.8 Å². The third kappa shape index (κ3) is 5.21. The van der Waals surface area contributed by atoms with Gasteiger partial charge < -0.3 is 9.32 Å². The lowest BCUT2D eigenvalue weighted by Crippen LogP contribution is -2.33. The second-order valence-corrected chi connectivity index (χ2v) is 6.88. The van der Waals surface area contributed by atoms with E-state index in [1.807, 2.05) is 38.1 Å². The number of thioether (sulfide) groups is 1. The van der Waals surface area contributed by atoms with Crippen molar-refractivity contribution in [1.29, 1.82) is 0 Å². The summed E-state index contributed by atoms with van der Waals surface area (Å²) in [4.78, 5) is 13.9. The quantitative estimate of drug-likeness (QED) is 0.523. The molecule has 122 valence electrons. The number of likely N-dealkylation sites (N-methyl/N-ethyl adjacent to an activating group) is 1. The SMILES string of the molecule is C=C(C)CN(CC)C(=O)CSc1nnc(-c2ccc(Br)cc2)o1. The number of nitrogens with zero attached hydrogens (tertiary/aromatic N) is 3. The predicted molar refractivity (Wildman–Crippen MR) is 95.2 cm³/mol. The van der Waals surface area contributed by atoms with Crippen LogP contribution in [0.3, 0.4) is 0 Å². The van der Waals surface area contributed by atoms with Gasteiger partial charge in [0.25, 0.3) is 5.22 Å². The molecule has 0 aliphatic rings. The number of halogens is 1. The molecule has 0 saturated heterocycles. The van der Waals surface area contributed by atoms with E-state index >= 15 is 0 Å². The van der Waals surface area contributed by atoms with Crippen LogP contribution in [-0.4, -0.2) is 39.8 Å². The third-order valence-corrected chi connectivity index (χ3v) is 4.34. The first-order chi connectivity index (χ1) is 11.0. The number of carbonyl (C=O) groups is 1. The summed E-state index contributed by atoms with van der Waals surface area (Å²) < 4.78 is 6.58. The lowest BCUT2D eigenvalue weighted by molar-refractivity contribution is -0.127. The summed E-state index contributed by atoms with van der Waals surface area (Å²) in [5.74, 6) is 0.744. The standard InChI is InChI=1S/C16H18BrN3O2S/c1-4-20(9-11(2)3)14(21)10-23-16-19-18-15(22-16)12-5-7-13(17)8-6-12/h5-8H,2,4,9-10H2,1,3H3. The van der Waals surface area contributed by atoms with Gasteiger partial charge in [0.05, 0.1) is 5.75 Å². The van der Waals surface area contributed by atoms with Crippen LogP contribution in [0.25, 0.3) is 11.5 Å². The Labute approximate surface area is 148 Å². The first-order valence-electron chi connectivity index (χ1n) is 7.14. The van der Waals surface area contributed by atoms with Gasteiger partial charge >= 0.3 is 0 Å². The van der Waals surface area contributed by atoms with Gasteiger partial charge in [-0.1, -0.05) is 39.8 Å². The molecule has 0 spiro atoms. The maximum atomic E-state index is 12.2. The van der Waals surface area contributed by atoms with Gasteiger partial charge in [-0.25, -0.2) is 0 Å². The maximum Gasteiger partial charge on any atom is 0.277 e. The lowest BCUT2D eigenvalue weighted by atomic mass is 10.2. The molecule has 0 radical (unpaired) electrons. The van der Waals surface area contributed by atoms with Crippen molar-refractivity contribution >= 4 is 33.6 Å². The van der Waals surface area contributed by atoms with E-state index in [2.05, 4.69) is 32.7 Å². The monoisotopic (exact) mass is 395 g/mol. The summed E-state index contributed by atoms with van der Waals surface area (Å²) in [7, 11) is 0. The molecule has 2 aromatic rings. The van der Waals surface area contributed by atoms with Crippen LogP contribution >= 0.6 is 27.7 Å². The van der Waals surface area contributed by atoms with Crippen molar-refractivity contribution in [2.24, 2.45) is 0 Å². The molecule has 0 atom stereocenters. The average molecular weight is 396 g/mol. The van der Waals surface area contributed by atoms with Crippen molar-refractivity contribution in [2.75, 3.05) is 18.8 Å². The van der Waals surface area contributed by atoms with E-state index in [-0.39, 0.29) is 11.7 Å². The van der Waals surface area contributed by atoms with Gasteiger partial charge in [-0.15, -0.1) is 10.2 Å². The largest absolute Gasteiger partial charge is 0.411 e. The van der Waals surface area contributed by atoms with Crippen molar-refractivity contribution in [3.05, 3.63) is 40.9 Å². The minimum Gasteiger partial charge on any atom is -0.411 e. The molecule has 0 saturated carbocycles. The molecule has 1 aromatic carbocycles. The fourth-order valence-electron chi connectivity index (χ4n) is 1.89. The van der Waals surface area contributed by atoms with Crippen LogP contribution in [-0.2, 0) is 4.79 Å². The summed E-state index contributed by atoms with van der Waals surface area (Å²) in [5.41, 5.74) is 1.80. The highest BCUT2D eigenvalue weighted by molar-refractivity contribution is 9.10. The van der Waals surface area contributed by atoms with E-state index in [1.165, 1.54) is 11.8 Å². The molecule has 0 unspecified atom stereocenters. The van der Waals surface area contributed by atoms with Gasteiger partial charge in [-0.05, 0) is 38.1 Å². The Bertz CT molecular complexity index is 685. The third-order valence-electron chi connectivity index (χ3n) is 3.01. The molecule has 1 aromatic heterocycles. The Balaban J connectivity index is 1.95. The first kappa shape index (κ1) is 17.7. The van der Waals surface area contributed by atoms with E-state index in [1.54, 1.807) is 4.90 Å². The summed E-state index contributed by atoms with van der Waals surface area (Å²) in [6.07, 6.45) is 0. The van der Waals surface area contributed by atoms with Gasteiger partial charge in [0, 0.05) is 23.1 Å². The van der Waals surface area contributed by atoms with E-state index < -0.39 is 0 Å². The molecule has 2 rings (SSSR count). The topological polar surface area (TPSA) is 59.2 Å². The highest BCUT2D eigenvalue weighted by Crippen LogP contribution is 2.24. The van der Waals surface area contributed by atoms with E-state index in [9.17, 15) is 4.79 Å². The van der Waals surface area contributed by atoms with Crippen molar-refractivity contribution in [3.8, 4) is 11.5 Å². The van der Waals surface area contributed by atoms with Crippen molar-refractivity contribution < 1.29 is 9.21 Å². The molecule has 1 amide bonds. The second-order valence-electron chi connectivity index (χ2n) is 5.03. The Morgan fingerprint density at radius 1 is 1.35 bits per heavy atom. The van der Waals surface area contributed by atoms with Crippen LogP contribution in [0.1, 0.15) is 13.8 Å². The molecular weight excluding hydrogens is 378 g/mol. The zero-order valence-electron chi connectivity index (χ0n) is 13.1. The summed E-state index contributed by atoms with van der Waals surface area (Å²) >= 11 is 4.63. The summed E-state index contributed by atoms with van der Waals surface area (Å²) in [6.45, 7) is 8.92. The van der Waals surface area contributed by atoms with Crippen molar-refractivity contribution in [2.45, 2.75) is 19.1 Å². The summed E-state index contributed by atoms with van der Waals surface area (Å²) in [6, 6.07) is 7.60. The first-order valence-corrected chi connectivity index (χ1v) is 8.92. The Kier molecular flexibility index (Phi) is 6.41. The molecule has 0 bridgehead atoms. The Morgan fingerprint density at radius 2 is 2.04 bits per heavy atom. The number of aromatic nitrogens is 2. The second kappa shape index (κ2) is 8.31. The molecule has 0 N–H and O–H groups in total. The summed E-state index contributed by atoms with van der Waals surface area (Å²) in [5, 5.41) is 8.39. The lowest BCUT2D eigenvalue weighted by Gasteiger charge is -2.20. The van der Waals surface area contributed by atoms with Gasteiger partial charge in [-0.3, -0.25) is 4.79 Å². The van der Waals surface area contributed by atoms with Gasteiger partial charge in [0.1, 0.15) is 0 Å². The van der Waals surface area contributed by atoms with Crippen molar-refractivity contribution in [3.63, 3.8) is 0 Å². The average Bonchev–Trinajstić information content (AvgIpc) is 2.99. The Hall–Kier alpha value is -1.60. The van der Waals surface area contributed by atoms with Crippen LogP contribution in [0.4, 0.5) is 0 Å². The van der Waals surface area contributed by atoms with Crippen molar-refractivity contribution in [1.82, 2.24) is 15.1 Å². The molecule has 0 fully saturated rings. The number of amides is 1. The van der Waals surface area contributed by atoms with E-state index in [0.717, 1.165) is 15.6 Å². The van der Waals surface area contributed by atoms with Crippen LogP contribution in [0, 0.1) is 0 Å². The number of hydrogen-bond donors (Lipinski definition) is 0.